The summed E-state index contributed by atoms with van der Waals surface area (Å²) in [4.78, 5) is 10.8. The lowest BCUT2D eigenvalue weighted by Crippen LogP contribution is -2.17. The zero-order valence-electron chi connectivity index (χ0n) is 43.4. The normalized spacial score (nSPS) is 12.1. The van der Waals surface area contributed by atoms with Gasteiger partial charge in [-0.1, -0.05) is 203 Å². The molecule has 0 unspecified atom stereocenters. The van der Waals surface area contributed by atoms with Crippen LogP contribution < -0.4 is 0 Å². The molecular weight excluding hydrogens is 875 g/mol. The molecule has 2 aromatic heterocycles. The molecule has 0 saturated heterocycles. The molecule has 2 heterocycles. The van der Waals surface area contributed by atoms with E-state index < -0.39 is 0 Å². The highest BCUT2D eigenvalue weighted by Crippen LogP contribution is 2.47. The van der Waals surface area contributed by atoms with Crippen molar-refractivity contribution in [1.29, 1.82) is 0 Å². The lowest BCUT2D eigenvalue weighted by molar-refractivity contribution is 0.446. The Bertz CT molecular complexity index is 3540. The fraction of sp³-hybridized carbons (Fsp3) is 0.206. The number of hydrogen-bond donors (Lipinski definition) is 1. The first-order valence-electron chi connectivity index (χ1n) is 25.5. The Hall–Kier alpha value is -7.82. The first kappa shape index (κ1) is 47.8. The zero-order valence-corrected chi connectivity index (χ0v) is 43.4. The molecule has 10 aromatic rings. The van der Waals surface area contributed by atoms with E-state index in [0.717, 1.165) is 83.9 Å². The number of rotatable bonds is 10. The minimum absolute atomic E-state index is 0.171. The second-order valence-corrected chi connectivity index (χ2v) is 22.1. The van der Waals surface area contributed by atoms with Crippen molar-refractivity contribution in [1.82, 2.24) is 14.5 Å². The minimum atomic E-state index is -0.336. The van der Waals surface area contributed by atoms with Crippen LogP contribution in [0.2, 0.25) is 0 Å². The van der Waals surface area contributed by atoms with Gasteiger partial charge in [0.2, 0.25) is 0 Å². The Labute approximate surface area is 426 Å². The third-order valence-electron chi connectivity index (χ3n) is 14.2. The SMILES string of the molecule is CC(C)c1cc(-c2ccccc2)cc(C(C)C)c1-n1c(-c2cc(C(C)(C)C)cc(C(C)(C)C)c2O)nc2c(-c3cc(-c4ccccc4)cc(-c4cc(-c5ccc(-c6ccccc6)cc5)ccn4)c3)cccc21. The van der Waals surface area contributed by atoms with E-state index in [4.69, 9.17) is 9.97 Å². The van der Waals surface area contributed by atoms with Gasteiger partial charge in [-0.3, -0.25) is 9.55 Å². The van der Waals surface area contributed by atoms with Gasteiger partial charge in [-0.15, -0.1) is 0 Å². The number of imidazole rings is 1. The zero-order chi connectivity index (χ0) is 50.5. The number of phenolic OH excluding ortho intramolecular Hbond substituents is 1. The van der Waals surface area contributed by atoms with Crippen molar-refractivity contribution in [2.45, 2.75) is 91.9 Å². The molecule has 0 fully saturated rings. The lowest BCUT2D eigenvalue weighted by Gasteiger charge is -2.28. The van der Waals surface area contributed by atoms with Crippen LogP contribution in [-0.2, 0) is 10.8 Å². The van der Waals surface area contributed by atoms with Crippen molar-refractivity contribution < 1.29 is 5.11 Å². The van der Waals surface area contributed by atoms with Crippen LogP contribution in [-0.4, -0.2) is 19.6 Å². The average molecular weight is 940 g/mol. The van der Waals surface area contributed by atoms with E-state index in [9.17, 15) is 5.11 Å². The number of aromatic nitrogens is 3. The maximum atomic E-state index is 12.7. The molecule has 0 amide bonds. The van der Waals surface area contributed by atoms with Crippen molar-refractivity contribution in [2.24, 2.45) is 0 Å². The van der Waals surface area contributed by atoms with Crippen LogP contribution in [0.1, 0.15) is 103 Å². The summed E-state index contributed by atoms with van der Waals surface area (Å²) in [5.41, 5.74) is 20.8. The van der Waals surface area contributed by atoms with Crippen molar-refractivity contribution >= 4 is 11.0 Å². The van der Waals surface area contributed by atoms with Crippen molar-refractivity contribution in [2.75, 3.05) is 0 Å². The van der Waals surface area contributed by atoms with Crippen LogP contribution >= 0.6 is 0 Å². The van der Waals surface area contributed by atoms with Crippen molar-refractivity contribution in [3.8, 4) is 89.7 Å². The lowest BCUT2D eigenvalue weighted by atomic mass is 9.78. The van der Waals surface area contributed by atoms with Gasteiger partial charge in [-0.05, 0) is 144 Å². The van der Waals surface area contributed by atoms with E-state index in [0.29, 0.717) is 0 Å². The molecule has 0 spiro atoms. The van der Waals surface area contributed by atoms with Gasteiger partial charge in [0, 0.05) is 22.9 Å². The number of pyridine rings is 1. The standard InChI is InChI=1S/C68H65N3O/c1-43(2)57-38-52(47-25-18-13-19-26-47)39-58(44(3)4)64(57)71-62-28-20-27-56(63(62)70-66(71)59-41-55(67(5,6)7)42-60(65(59)72)68(8,9)10)53-35-51(46-23-16-12-17-24-46)36-54(37-53)61-40-50(33-34-69-61)49-31-29-48(30-32-49)45-21-14-11-15-22-45/h11-44,72H,1-10H3. The molecule has 0 bridgehead atoms. The van der Waals surface area contributed by atoms with Gasteiger partial charge < -0.3 is 5.11 Å². The van der Waals surface area contributed by atoms with Crippen LogP contribution in [0, 0.1) is 0 Å². The maximum absolute atomic E-state index is 12.7. The second kappa shape index (κ2) is 19.1. The fourth-order valence-electron chi connectivity index (χ4n) is 10.1. The van der Waals surface area contributed by atoms with Crippen molar-refractivity contribution in [3.63, 3.8) is 0 Å². The molecule has 0 atom stereocenters. The summed E-state index contributed by atoms with van der Waals surface area (Å²) < 4.78 is 2.38. The minimum Gasteiger partial charge on any atom is -0.507 e. The van der Waals surface area contributed by atoms with E-state index in [1.54, 1.807) is 0 Å². The molecule has 4 nitrogen and oxygen atoms in total. The van der Waals surface area contributed by atoms with Gasteiger partial charge >= 0.3 is 0 Å². The van der Waals surface area contributed by atoms with E-state index in [2.05, 4.69) is 262 Å². The molecule has 10 rings (SSSR count). The highest BCUT2D eigenvalue weighted by Gasteiger charge is 2.31. The molecule has 0 radical (unpaired) electrons. The average Bonchev–Trinajstić information content (AvgIpc) is 3.77. The van der Waals surface area contributed by atoms with E-state index in [1.807, 2.05) is 6.20 Å². The van der Waals surface area contributed by atoms with Crippen LogP contribution in [0.5, 0.6) is 5.75 Å². The quantitative estimate of drug-likeness (QED) is 0.149. The molecule has 0 aliphatic heterocycles. The van der Waals surface area contributed by atoms with E-state index >= 15 is 0 Å². The Morgan fingerprint density at radius 2 is 0.931 bits per heavy atom. The predicted molar refractivity (Wildman–Crippen MR) is 304 cm³/mol. The number of hydrogen-bond acceptors (Lipinski definition) is 3. The number of para-hydroxylation sites is 1. The summed E-state index contributed by atoms with van der Waals surface area (Å²) in [6.07, 6.45) is 1.92. The van der Waals surface area contributed by atoms with Gasteiger partial charge in [0.1, 0.15) is 11.6 Å². The van der Waals surface area contributed by atoms with Gasteiger partial charge in [0.15, 0.2) is 0 Å². The largest absolute Gasteiger partial charge is 0.507 e. The molecule has 1 N–H and O–H groups in total. The van der Waals surface area contributed by atoms with Gasteiger partial charge in [0.05, 0.1) is 28.0 Å². The van der Waals surface area contributed by atoms with Gasteiger partial charge in [0.25, 0.3) is 0 Å². The molecule has 0 saturated carbocycles. The summed E-state index contributed by atoms with van der Waals surface area (Å²) in [7, 11) is 0. The molecule has 0 aliphatic carbocycles. The maximum Gasteiger partial charge on any atom is 0.149 e. The van der Waals surface area contributed by atoms with Crippen LogP contribution in [0.25, 0.3) is 95.0 Å². The highest BCUT2D eigenvalue weighted by molar-refractivity contribution is 5.98. The molecule has 0 aliphatic rings. The van der Waals surface area contributed by atoms with Crippen molar-refractivity contribution in [3.05, 3.63) is 217 Å². The van der Waals surface area contributed by atoms with E-state index in [-0.39, 0.29) is 28.4 Å². The third-order valence-corrected chi connectivity index (χ3v) is 14.2. The Morgan fingerprint density at radius 3 is 1.47 bits per heavy atom. The van der Waals surface area contributed by atoms with Gasteiger partial charge in [-0.25, -0.2) is 4.98 Å². The molecular formula is C68H65N3O. The Kier molecular flexibility index (Phi) is 12.7. The van der Waals surface area contributed by atoms with Crippen LogP contribution in [0.3, 0.4) is 0 Å². The fourth-order valence-corrected chi connectivity index (χ4v) is 10.1. The number of benzene rings is 8. The number of nitrogens with zero attached hydrogens (tertiary/aromatic N) is 3. The molecule has 8 aromatic carbocycles. The smallest absolute Gasteiger partial charge is 0.149 e. The first-order valence-corrected chi connectivity index (χ1v) is 25.5. The highest BCUT2D eigenvalue weighted by atomic mass is 16.3. The van der Waals surface area contributed by atoms with Gasteiger partial charge in [-0.2, -0.15) is 0 Å². The summed E-state index contributed by atoms with van der Waals surface area (Å²) in [5.74, 6) is 1.32. The molecule has 4 heteroatoms. The van der Waals surface area contributed by atoms with Crippen LogP contribution in [0.4, 0.5) is 0 Å². The first-order chi connectivity index (χ1) is 34.5. The number of phenols is 1. The summed E-state index contributed by atoms with van der Waals surface area (Å²) >= 11 is 0. The Balaban J connectivity index is 1.24. The Morgan fingerprint density at radius 1 is 0.431 bits per heavy atom. The molecule has 72 heavy (non-hydrogen) atoms. The third kappa shape index (κ3) is 9.30. The number of fused-ring (bicyclic) bond motifs is 1. The van der Waals surface area contributed by atoms with E-state index in [1.165, 1.54) is 33.4 Å². The monoisotopic (exact) mass is 940 g/mol. The predicted octanol–water partition coefficient (Wildman–Crippen LogP) is 18.6. The van der Waals surface area contributed by atoms with Crippen LogP contribution in [0.15, 0.2) is 194 Å². The summed E-state index contributed by atoms with van der Waals surface area (Å²) in [5, 5.41) is 12.7. The molecule has 358 valence electrons. The topological polar surface area (TPSA) is 50.9 Å². The second-order valence-electron chi connectivity index (χ2n) is 22.1. The number of aromatic hydroxyl groups is 1. The summed E-state index contributed by atoms with van der Waals surface area (Å²) in [6, 6.07) is 67.4. The summed E-state index contributed by atoms with van der Waals surface area (Å²) in [6.45, 7) is 22.4.